The summed E-state index contributed by atoms with van der Waals surface area (Å²) in [6.07, 6.45) is 4.97. The summed E-state index contributed by atoms with van der Waals surface area (Å²) >= 11 is 0. The monoisotopic (exact) mass is 328 g/mol. The average molecular weight is 328 g/mol. The molecule has 7 heteroatoms. The first kappa shape index (κ1) is 14.7. The molecule has 2 atom stereocenters. The molecule has 2 aliphatic heterocycles. The predicted molar refractivity (Wildman–Crippen MR) is 83.3 cm³/mol. The van der Waals surface area contributed by atoms with Gasteiger partial charge in [-0.1, -0.05) is 12.2 Å². The Morgan fingerprint density at radius 1 is 1.08 bits per heavy atom. The summed E-state index contributed by atoms with van der Waals surface area (Å²) < 4.78 is 10.5. The van der Waals surface area contributed by atoms with Crippen LogP contribution in [0.5, 0.6) is 11.5 Å². The van der Waals surface area contributed by atoms with Crippen molar-refractivity contribution in [1.29, 1.82) is 0 Å². The minimum atomic E-state index is -0.415. The number of anilines is 1. The van der Waals surface area contributed by atoms with Gasteiger partial charge in [-0.25, -0.2) is 0 Å². The highest BCUT2D eigenvalue weighted by Crippen LogP contribution is 2.36. The first-order chi connectivity index (χ1) is 11.6. The molecular formula is C17H16N2O5. The van der Waals surface area contributed by atoms with Gasteiger partial charge < -0.3 is 14.8 Å². The van der Waals surface area contributed by atoms with Crippen molar-refractivity contribution in [3.63, 3.8) is 0 Å². The van der Waals surface area contributed by atoms with Crippen molar-refractivity contribution >= 4 is 23.4 Å². The quantitative estimate of drug-likeness (QED) is 0.668. The highest BCUT2D eigenvalue weighted by Gasteiger charge is 2.47. The summed E-state index contributed by atoms with van der Waals surface area (Å²) in [4.78, 5) is 38.0. The number of likely N-dealkylation sites (tertiary alicyclic amines) is 1. The number of benzene rings is 1. The molecule has 2 heterocycles. The summed E-state index contributed by atoms with van der Waals surface area (Å²) in [7, 11) is 0. The van der Waals surface area contributed by atoms with Gasteiger partial charge in [-0.2, -0.15) is 0 Å². The predicted octanol–water partition coefficient (Wildman–Crippen LogP) is 1.30. The number of nitrogens with one attached hydrogen (secondary N) is 1. The van der Waals surface area contributed by atoms with Gasteiger partial charge in [-0.05, 0) is 25.0 Å². The first-order valence-electron chi connectivity index (χ1n) is 7.83. The van der Waals surface area contributed by atoms with Crippen LogP contribution in [0, 0.1) is 11.8 Å². The van der Waals surface area contributed by atoms with Crippen LogP contribution < -0.4 is 14.8 Å². The number of hydrogen-bond donors (Lipinski definition) is 1. The minimum absolute atomic E-state index is 0.153. The Morgan fingerprint density at radius 3 is 2.46 bits per heavy atom. The summed E-state index contributed by atoms with van der Waals surface area (Å²) in [5, 5.41) is 2.68. The van der Waals surface area contributed by atoms with Crippen LogP contribution in [-0.4, -0.2) is 36.0 Å². The fraction of sp³-hybridized carbons (Fsp3) is 0.353. The molecule has 1 saturated heterocycles. The number of fused-ring (bicyclic) bond motifs is 2. The maximum absolute atomic E-state index is 12.3. The maximum Gasteiger partial charge on any atom is 0.244 e. The van der Waals surface area contributed by atoms with Gasteiger partial charge in [0, 0.05) is 11.8 Å². The van der Waals surface area contributed by atoms with E-state index in [1.165, 1.54) is 0 Å². The van der Waals surface area contributed by atoms with Gasteiger partial charge in [0.05, 0.1) is 11.8 Å². The van der Waals surface area contributed by atoms with Gasteiger partial charge in [0.25, 0.3) is 0 Å². The lowest BCUT2D eigenvalue weighted by molar-refractivity contribution is -0.142. The molecule has 24 heavy (non-hydrogen) atoms. The van der Waals surface area contributed by atoms with E-state index in [-0.39, 0.29) is 37.0 Å². The van der Waals surface area contributed by atoms with Crippen LogP contribution >= 0.6 is 0 Å². The van der Waals surface area contributed by atoms with Gasteiger partial charge in [-0.15, -0.1) is 0 Å². The highest BCUT2D eigenvalue weighted by atomic mass is 16.7. The van der Waals surface area contributed by atoms with E-state index in [0.29, 0.717) is 30.0 Å². The SMILES string of the molecule is O=C(CN1C(=O)C2CC=CCC2C1=O)Nc1ccc2c(c1)OCO2. The number of carbonyl (C=O) groups excluding carboxylic acids is 3. The van der Waals surface area contributed by atoms with E-state index >= 15 is 0 Å². The van der Waals surface area contributed by atoms with Crippen LogP contribution in [0.2, 0.25) is 0 Å². The van der Waals surface area contributed by atoms with Crippen molar-refractivity contribution in [2.24, 2.45) is 11.8 Å². The Labute approximate surface area is 138 Å². The average Bonchev–Trinajstić information content (AvgIpc) is 3.14. The molecule has 3 amide bonds. The lowest BCUT2D eigenvalue weighted by Gasteiger charge is -2.14. The van der Waals surface area contributed by atoms with E-state index in [0.717, 1.165) is 4.90 Å². The van der Waals surface area contributed by atoms with Crippen LogP contribution in [0.1, 0.15) is 12.8 Å². The number of hydrogen-bond acceptors (Lipinski definition) is 5. The highest BCUT2D eigenvalue weighted by molar-refractivity contribution is 6.08. The third kappa shape index (κ3) is 2.42. The molecule has 0 spiro atoms. The zero-order valence-corrected chi connectivity index (χ0v) is 12.9. The Balaban J connectivity index is 1.43. The second-order valence-electron chi connectivity index (χ2n) is 6.03. The third-order valence-electron chi connectivity index (χ3n) is 4.56. The molecule has 2 unspecified atom stereocenters. The Kier molecular flexibility index (Phi) is 3.48. The summed E-state index contributed by atoms with van der Waals surface area (Å²) in [6.45, 7) is -0.112. The van der Waals surface area contributed by atoms with E-state index in [2.05, 4.69) is 5.32 Å². The number of carbonyl (C=O) groups is 3. The van der Waals surface area contributed by atoms with E-state index in [4.69, 9.17) is 9.47 Å². The van der Waals surface area contributed by atoms with Crippen LogP contribution in [-0.2, 0) is 14.4 Å². The molecule has 1 aromatic carbocycles. The molecular weight excluding hydrogens is 312 g/mol. The molecule has 0 radical (unpaired) electrons. The number of ether oxygens (including phenoxy) is 2. The van der Waals surface area contributed by atoms with E-state index < -0.39 is 5.91 Å². The van der Waals surface area contributed by atoms with Crippen molar-refractivity contribution in [3.05, 3.63) is 30.4 Å². The van der Waals surface area contributed by atoms with E-state index in [1.54, 1.807) is 18.2 Å². The normalized spacial score (nSPS) is 24.2. The molecule has 124 valence electrons. The number of amides is 3. The lowest BCUT2D eigenvalue weighted by atomic mass is 9.85. The van der Waals surface area contributed by atoms with Gasteiger partial charge >= 0.3 is 0 Å². The number of nitrogens with zero attached hydrogens (tertiary/aromatic N) is 1. The number of allylic oxidation sites excluding steroid dienone is 2. The van der Waals surface area contributed by atoms with Crippen molar-refractivity contribution in [2.75, 3.05) is 18.7 Å². The van der Waals surface area contributed by atoms with Crippen LogP contribution in [0.3, 0.4) is 0 Å². The van der Waals surface area contributed by atoms with Crippen molar-refractivity contribution in [3.8, 4) is 11.5 Å². The maximum atomic E-state index is 12.3. The molecule has 1 aromatic rings. The molecule has 0 aromatic heterocycles. The molecule has 7 nitrogen and oxygen atoms in total. The minimum Gasteiger partial charge on any atom is -0.454 e. The standard InChI is InChI=1S/C17H16N2O5/c20-15(18-10-5-6-13-14(7-10)24-9-23-13)8-19-16(21)11-3-1-2-4-12(11)17(19)22/h1-2,5-7,11-12H,3-4,8-9H2,(H,18,20). The smallest absolute Gasteiger partial charge is 0.244 e. The molecule has 0 saturated carbocycles. The fourth-order valence-corrected chi connectivity index (χ4v) is 3.34. The number of imide groups is 1. The fourth-order valence-electron chi connectivity index (χ4n) is 3.34. The van der Waals surface area contributed by atoms with Crippen LogP contribution in [0.25, 0.3) is 0 Å². The Bertz CT molecular complexity index is 731. The molecule has 4 rings (SSSR count). The Hall–Kier alpha value is -2.83. The number of rotatable bonds is 3. The zero-order chi connectivity index (χ0) is 16.7. The van der Waals surface area contributed by atoms with Crippen molar-refractivity contribution in [1.82, 2.24) is 4.90 Å². The third-order valence-corrected chi connectivity index (χ3v) is 4.56. The second-order valence-corrected chi connectivity index (χ2v) is 6.03. The molecule has 1 fully saturated rings. The Morgan fingerprint density at radius 2 is 1.75 bits per heavy atom. The molecule has 3 aliphatic rings. The molecule has 0 bridgehead atoms. The van der Waals surface area contributed by atoms with Gasteiger partial charge in [0.15, 0.2) is 11.5 Å². The second kappa shape index (κ2) is 5.67. The zero-order valence-electron chi connectivity index (χ0n) is 12.9. The van der Waals surface area contributed by atoms with Gasteiger partial charge in [0.1, 0.15) is 6.54 Å². The first-order valence-corrected chi connectivity index (χ1v) is 7.83. The van der Waals surface area contributed by atoms with Crippen LogP contribution in [0.15, 0.2) is 30.4 Å². The topological polar surface area (TPSA) is 84.9 Å². The van der Waals surface area contributed by atoms with Gasteiger partial charge in [0.2, 0.25) is 24.5 Å². The van der Waals surface area contributed by atoms with E-state index in [1.807, 2.05) is 12.2 Å². The van der Waals surface area contributed by atoms with Gasteiger partial charge in [-0.3, -0.25) is 19.3 Å². The summed E-state index contributed by atoms with van der Waals surface area (Å²) in [5.41, 5.74) is 0.530. The van der Waals surface area contributed by atoms with Crippen molar-refractivity contribution in [2.45, 2.75) is 12.8 Å². The van der Waals surface area contributed by atoms with Crippen LogP contribution in [0.4, 0.5) is 5.69 Å². The summed E-state index contributed by atoms with van der Waals surface area (Å²) in [5.74, 6) is -0.387. The van der Waals surface area contributed by atoms with E-state index in [9.17, 15) is 14.4 Å². The lowest BCUT2D eigenvalue weighted by Crippen LogP contribution is -2.38. The largest absolute Gasteiger partial charge is 0.454 e. The molecule has 1 N–H and O–H groups in total. The summed E-state index contributed by atoms with van der Waals surface area (Å²) in [6, 6.07) is 5.03. The van der Waals surface area contributed by atoms with Crippen molar-refractivity contribution < 1.29 is 23.9 Å². The molecule has 1 aliphatic carbocycles.